The number of nitrogens with zero attached hydrogens (tertiary/aromatic N) is 1. The number of carbonyl (C=O) groups excluding carboxylic acids is 2. The number of amides is 2. The molecule has 2 amide bonds. The van der Waals surface area contributed by atoms with Gasteiger partial charge in [-0.05, 0) is 43.9 Å². The molecule has 28 heavy (non-hydrogen) atoms. The molecule has 150 valence electrons. The molecular formula is C18H18ClF3N4O2. The van der Waals surface area contributed by atoms with Crippen LogP contribution in [0.5, 0.6) is 0 Å². The van der Waals surface area contributed by atoms with Crippen molar-refractivity contribution in [3.05, 3.63) is 47.0 Å². The van der Waals surface area contributed by atoms with Gasteiger partial charge in [-0.2, -0.15) is 13.2 Å². The van der Waals surface area contributed by atoms with Crippen molar-refractivity contribution < 1.29 is 22.8 Å². The number of carbonyl (C=O) groups is 2. The van der Waals surface area contributed by atoms with E-state index in [0.29, 0.717) is 31.4 Å². The SMILES string of the molecule is O=C(N[C@H]1CC[C@H](C(=O)Nc2cc(C(F)(F)F)ccc2Cl)CC1)c1cnc[nH]1. The number of aromatic nitrogens is 2. The van der Waals surface area contributed by atoms with Crippen LogP contribution in [0.4, 0.5) is 18.9 Å². The lowest BCUT2D eigenvalue weighted by Gasteiger charge is -2.28. The minimum absolute atomic E-state index is 0.0434. The summed E-state index contributed by atoms with van der Waals surface area (Å²) in [6, 6.07) is 2.74. The van der Waals surface area contributed by atoms with Crippen LogP contribution >= 0.6 is 11.6 Å². The number of imidazole rings is 1. The standard InChI is InChI=1S/C18H18ClF3N4O2/c19-13-6-3-11(18(20,21)22)7-14(13)26-16(27)10-1-4-12(5-2-10)25-17(28)15-8-23-9-24-15/h3,6-10,12H,1-2,4-5H2,(H,23,24)(H,25,28)(H,26,27)/t10-,12-. The zero-order valence-corrected chi connectivity index (χ0v) is 15.4. The fourth-order valence-corrected chi connectivity index (χ4v) is 3.34. The highest BCUT2D eigenvalue weighted by atomic mass is 35.5. The van der Waals surface area contributed by atoms with Gasteiger partial charge in [-0.3, -0.25) is 9.59 Å². The molecule has 1 aliphatic carbocycles. The van der Waals surface area contributed by atoms with Gasteiger partial charge in [-0.15, -0.1) is 0 Å². The van der Waals surface area contributed by atoms with Crippen LogP contribution in [-0.2, 0) is 11.0 Å². The van der Waals surface area contributed by atoms with Gasteiger partial charge in [0.1, 0.15) is 5.69 Å². The molecule has 1 aliphatic rings. The number of aromatic amines is 1. The molecule has 10 heteroatoms. The normalized spacial score (nSPS) is 19.9. The van der Waals surface area contributed by atoms with Crippen LogP contribution in [0, 0.1) is 5.92 Å². The van der Waals surface area contributed by atoms with E-state index < -0.39 is 11.7 Å². The first-order valence-electron chi connectivity index (χ1n) is 8.71. The number of halogens is 4. The first kappa shape index (κ1) is 20.2. The lowest BCUT2D eigenvalue weighted by Crippen LogP contribution is -2.39. The molecule has 1 saturated carbocycles. The van der Waals surface area contributed by atoms with Gasteiger partial charge in [0.2, 0.25) is 5.91 Å². The van der Waals surface area contributed by atoms with Gasteiger partial charge in [0.05, 0.1) is 28.8 Å². The summed E-state index contributed by atoms with van der Waals surface area (Å²) in [5, 5.41) is 5.42. The molecule has 0 radical (unpaired) electrons. The molecule has 6 nitrogen and oxygen atoms in total. The van der Waals surface area contributed by atoms with Gasteiger partial charge < -0.3 is 15.6 Å². The average molecular weight is 415 g/mol. The minimum atomic E-state index is -4.52. The summed E-state index contributed by atoms with van der Waals surface area (Å²) in [5.74, 6) is -0.994. The summed E-state index contributed by atoms with van der Waals surface area (Å²) in [6.07, 6.45) is 0.520. The smallest absolute Gasteiger partial charge is 0.348 e. The van der Waals surface area contributed by atoms with Crippen LogP contribution in [0.15, 0.2) is 30.7 Å². The molecule has 0 spiro atoms. The third-order valence-electron chi connectivity index (χ3n) is 4.73. The van der Waals surface area contributed by atoms with Crippen LogP contribution < -0.4 is 10.6 Å². The fourth-order valence-electron chi connectivity index (χ4n) is 3.18. The maximum Gasteiger partial charge on any atom is 0.416 e. The molecule has 3 N–H and O–H groups in total. The summed E-state index contributed by atoms with van der Waals surface area (Å²) < 4.78 is 38.5. The van der Waals surface area contributed by atoms with E-state index in [9.17, 15) is 22.8 Å². The van der Waals surface area contributed by atoms with Gasteiger partial charge in [0.15, 0.2) is 0 Å². The van der Waals surface area contributed by atoms with E-state index >= 15 is 0 Å². The van der Waals surface area contributed by atoms with Crippen LogP contribution in [0.25, 0.3) is 0 Å². The van der Waals surface area contributed by atoms with Crippen molar-refractivity contribution in [3.8, 4) is 0 Å². The van der Waals surface area contributed by atoms with Gasteiger partial charge in [0, 0.05) is 12.0 Å². The summed E-state index contributed by atoms with van der Waals surface area (Å²) in [7, 11) is 0. The van der Waals surface area contributed by atoms with Gasteiger partial charge in [-0.25, -0.2) is 4.98 Å². The number of anilines is 1. The second-order valence-electron chi connectivity index (χ2n) is 6.67. The zero-order valence-electron chi connectivity index (χ0n) is 14.6. The molecule has 2 aromatic rings. The Balaban J connectivity index is 1.55. The van der Waals surface area contributed by atoms with Crippen molar-refractivity contribution in [2.75, 3.05) is 5.32 Å². The minimum Gasteiger partial charge on any atom is -0.348 e. The average Bonchev–Trinajstić information content (AvgIpc) is 3.18. The predicted octanol–water partition coefficient (Wildman–Crippen LogP) is 4.01. The van der Waals surface area contributed by atoms with Crippen molar-refractivity contribution in [3.63, 3.8) is 0 Å². The number of hydrogen-bond donors (Lipinski definition) is 3. The molecule has 3 rings (SSSR count). The molecular weight excluding hydrogens is 397 g/mol. The first-order chi connectivity index (χ1) is 13.2. The quantitative estimate of drug-likeness (QED) is 0.706. The van der Waals surface area contributed by atoms with Gasteiger partial charge in [-0.1, -0.05) is 11.6 Å². The second kappa shape index (κ2) is 8.22. The van der Waals surface area contributed by atoms with E-state index in [1.54, 1.807) is 0 Å². The molecule has 1 heterocycles. The number of alkyl halides is 3. The molecule has 0 saturated heterocycles. The maximum atomic E-state index is 12.8. The lowest BCUT2D eigenvalue weighted by atomic mass is 9.85. The monoisotopic (exact) mass is 414 g/mol. The van der Waals surface area contributed by atoms with E-state index in [1.165, 1.54) is 12.5 Å². The molecule has 0 aliphatic heterocycles. The molecule has 1 aromatic heterocycles. The molecule has 1 aromatic carbocycles. The van der Waals surface area contributed by atoms with Crippen molar-refractivity contribution in [2.45, 2.75) is 37.9 Å². The Kier molecular flexibility index (Phi) is 5.93. The van der Waals surface area contributed by atoms with Crippen LogP contribution in [0.1, 0.15) is 41.7 Å². The Morgan fingerprint density at radius 1 is 1.18 bits per heavy atom. The summed E-state index contributed by atoms with van der Waals surface area (Å²) in [6.45, 7) is 0. The number of H-pyrrole nitrogens is 1. The van der Waals surface area contributed by atoms with Crippen molar-refractivity contribution in [1.82, 2.24) is 15.3 Å². The predicted molar refractivity (Wildman–Crippen MR) is 96.9 cm³/mol. The largest absolute Gasteiger partial charge is 0.416 e. The van der Waals surface area contributed by atoms with Gasteiger partial charge in [0.25, 0.3) is 5.91 Å². The highest BCUT2D eigenvalue weighted by Crippen LogP contribution is 2.34. The Hall–Kier alpha value is -2.55. The molecule has 0 atom stereocenters. The van der Waals surface area contributed by atoms with Crippen molar-refractivity contribution in [2.24, 2.45) is 5.92 Å². The van der Waals surface area contributed by atoms with Crippen molar-refractivity contribution in [1.29, 1.82) is 0 Å². The van der Waals surface area contributed by atoms with E-state index in [0.717, 1.165) is 18.2 Å². The highest BCUT2D eigenvalue weighted by Gasteiger charge is 2.32. The Bertz CT molecular complexity index is 847. The van der Waals surface area contributed by atoms with Crippen LogP contribution in [-0.4, -0.2) is 27.8 Å². The van der Waals surface area contributed by atoms with Crippen LogP contribution in [0.3, 0.4) is 0 Å². The third-order valence-corrected chi connectivity index (χ3v) is 5.06. The fraction of sp³-hybridized carbons (Fsp3) is 0.389. The Labute approximate surface area is 163 Å². The van der Waals surface area contributed by atoms with E-state index in [2.05, 4.69) is 20.6 Å². The zero-order chi connectivity index (χ0) is 20.3. The summed E-state index contributed by atoms with van der Waals surface area (Å²) in [4.78, 5) is 31.0. The Morgan fingerprint density at radius 2 is 1.89 bits per heavy atom. The third kappa shape index (κ3) is 4.83. The van der Waals surface area contributed by atoms with E-state index in [1.807, 2.05) is 0 Å². The lowest BCUT2D eigenvalue weighted by molar-refractivity contribution is -0.137. The van der Waals surface area contributed by atoms with Gasteiger partial charge >= 0.3 is 6.18 Å². The van der Waals surface area contributed by atoms with Crippen LogP contribution in [0.2, 0.25) is 5.02 Å². The number of nitrogens with one attached hydrogen (secondary N) is 3. The highest BCUT2D eigenvalue weighted by molar-refractivity contribution is 6.33. The molecule has 0 bridgehead atoms. The van der Waals surface area contributed by atoms with Crippen molar-refractivity contribution >= 4 is 29.1 Å². The molecule has 0 unspecified atom stereocenters. The Morgan fingerprint density at radius 3 is 2.50 bits per heavy atom. The second-order valence-corrected chi connectivity index (χ2v) is 7.08. The summed E-state index contributed by atoms with van der Waals surface area (Å²) in [5.41, 5.74) is -0.576. The topological polar surface area (TPSA) is 86.9 Å². The molecule has 1 fully saturated rings. The number of benzene rings is 1. The first-order valence-corrected chi connectivity index (χ1v) is 9.08. The number of hydrogen-bond acceptors (Lipinski definition) is 3. The number of rotatable bonds is 4. The maximum absolute atomic E-state index is 12.8. The summed E-state index contributed by atoms with van der Waals surface area (Å²) >= 11 is 5.92. The van der Waals surface area contributed by atoms with E-state index in [4.69, 9.17) is 11.6 Å². The van der Waals surface area contributed by atoms with E-state index in [-0.39, 0.29) is 34.5 Å².